The standard InChI is InChI=1S/C15H29N3O3/c1-13(2)16-15(19)11-18-7-5-17(6-8-18)4-3-14-12-20-9-10-21-14/h13-14H,3-12H2,1-2H3,(H,16,19). The van der Waals surface area contributed by atoms with Crippen molar-refractivity contribution in [1.82, 2.24) is 15.1 Å². The van der Waals surface area contributed by atoms with Gasteiger partial charge in [0.15, 0.2) is 0 Å². The first-order valence-corrected chi connectivity index (χ1v) is 8.07. The number of piperazine rings is 1. The van der Waals surface area contributed by atoms with E-state index in [2.05, 4.69) is 15.1 Å². The zero-order valence-electron chi connectivity index (χ0n) is 13.3. The van der Waals surface area contributed by atoms with Crippen LogP contribution in [0.4, 0.5) is 0 Å². The van der Waals surface area contributed by atoms with E-state index >= 15 is 0 Å². The van der Waals surface area contributed by atoms with Crippen molar-refractivity contribution in [2.75, 3.05) is 59.1 Å². The Balaban J connectivity index is 1.58. The molecule has 21 heavy (non-hydrogen) atoms. The summed E-state index contributed by atoms with van der Waals surface area (Å²) >= 11 is 0. The fourth-order valence-corrected chi connectivity index (χ4v) is 2.77. The van der Waals surface area contributed by atoms with Crippen LogP contribution in [0.2, 0.25) is 0 Å². The molecule has 122 valence electrons. The molecule has 2 fully saturated rings. The van der Waals surface area contributed by atoms with Crippen LogP contribution in [0.5, 0.6) is 0 Å². The molecule has 2 heterocycles. The fourth-order valence-electron chi connectivity index (χ4n) is 2.77. The van der Waals surface area contributed by atoms with E-state index < -0.39 is 0 Å². The van der Waals surface area contributed by atoms with Gasteiger partial charge in [-0.05, 0) is 20.3 Å². The Hall–Kier alpha value is -0.690. The lowest BCUT2D eigenvalue weighted by Crippen LogP contribution is -2.50. The second-order valence-electron chi connectivity index (χ2n) is 6.20. The molecule has 6 nitrogen and oxygen atoms in total. The van der Waals surface area contributed by atoms with E-state index in [0.29, 0.717) is 6.54 Å². The molecule has 0 spiro atoms. The molecule has 0 aromatic rings. The summed E-state index contributed by atoms with van der Waals surface area (Å²) in [5.41, 5.74) is 0. The molecule has 0 aromatic heterocycles. The van der Waals surface area contributed by atoms with E-state index in [1.807, 2.05) is 13.8 Å². The van der Waals surface area contributed by atoms with Gasteiger partial charge in [-0.3, -0.25) is 9.69 Å². The van der Waals surface area contributed by atoms with Crippen LogP contribution in [0.3, 0.4) is 0 Å². The molecule has 0 aliphatic carbocycles. The van der Waals surface area contributed by atoms with Gasteiger partial charge in [-0.25, -0.2) is 0 Å². The number of carbonyl (C=O) groups excluding carboxylic acids is 1. The molecule has 1 unspecified atom stereocenters. The van der Waals surface area contributed by atoms with E-state index in [-0.39, 0.29) is 18.1 Å². The largest absolute Gasteiger partial charge is 0.376 e. The second kappa shape index (κ2) is 8.68. The van der Waals surface area contributed by atoms with Gasteiger partial charge in [-0.15, -0.1) is 0 Å². The number of rotatable bonds is 6. The molecule has 2 aliphatic rings. The third kappa shape index (κ3) is 6.30. The number of nitrogens with one attached hydrogen (secondary N) is 1. The molecule has 1 atom stereocenters. The summed E-state index contributed by atoms with van der Waals surface area (Å²) in [5, 5.41) is 2.94. The van der Waals surface area contributed by atoms with Crippen molar-refractivity contribution in [3.05, 3.63) is 0 Å². The Morgan fingerprint density at radius 2 is 1.90 bits per heavy atom. The molecule has 0 radical (unpaired) electrons. The summed E-state index contributed by atoms with van der Waals surface area (Å²) in [7, 11) is 0. The molecule has 2 rings (SSSR count). The monoisotopic (exact) mass is 299 g/mol. The van der Waals surface area contributed by atoms with Crippen molar-refractivity contribution in [1.29, 1.82) is 0 Å². The molecular formula is C15H29N3O3. The van der Waals surface area contributed by atoms with Gasteiger partial charge in [-0.2, -0.15) is 0 Å². The van der Waals surface area contributed by atoms with Crippen LogP contribution >= 0.6 is 0 Å². The van der Waals surface area contributed by atoms with E-state index in [0.717, 1.165) is 59.0 Å². The Labute approximate surface area is 127 Å². The van der Waals surface area contributed by atoms with Gasteiger partial charge in [-0.1, -0.05) is 0 Å². The Morgan fingerprint density at radius 3 is 2.52 bits per heavy atom. The molecule has 0 saturated carbocycles. The Kier molecular flexibility index (Phi) is 6.89. The summed E-state index contributed by atoms with van der Waals surface area (Å²) in [5.74, 6) is 0.131. The van der Waals surface area contributed by atoms with E-state index in [4.69, 9.17) is 9.47 Å². The quantitative estimate of drug-likeness (QED) is 0.744. The summed E-state index contributed by atoms with van der Waals surface area (Å²) in [6.07, 6.45) is 1.29. The summed E-state index contributed by atoms with van der Waals surface area (Å²) < 4.78 is 11.1. The number of hydrogen-bond donors (Lipinski definition) is 1. The molecule has 2 aliphatic heterocycles. The summed E-state index contributed by atoms with van der Waals surface area (Å²) in [6, 6.07) is 0.219. The van der Waals surface area contributed by atoms with Crippen LogP contribution in [0.1, 0.15) is 20.3 Å². The first-order chi connectivity index (χ1) is 10.1. The zero-order valence-corrected chi connectivity index (χ0v) is 13.3. The molecule has 1 amide bonds. The highest BCUT2D eigenvalue weighted by Gasteiger charge is 2.21. The first-order valence-electron chi connectivity index (χ1n) is 8.07. The van der Waals surface area contributed by atoms with Crippen molar-refractivity contribution in [2.45, 2.75) is 32.4 Å². The molecular weight excluding hydrogens is 270 g/mol. The highest BCUT2D eigenvalue weighted by atomic mass is 16.6. The number of nitrogens with zero attached hydrogens (tertiary/aromatic N) is 2. The van der Waals surface area contributed by atoms with Crippen molar-refractivity contribution in [3.8, 4) is 0 Å². The third-order valence-electron chi connectivity index (χ3n) is 3.93. The number of hydrogen-bond acceptors (Lipinski definition) is 5. The van der Waals surface area contributed by atoms with Gasteiger partial charge in [0.05, 0.1) is 32.5 Å². The van der Waals surface area contributed by atoms with Gasteiger partial charge in [0.25, 0.3) is 0 Å². The average molecular weight is 299 g/mol. The SMILES string of the molecule is CC(C)NC(=O)CN1CCN(CCC2COCCO2)CC1. The van der Waals surface area contributed by atoms with Crippen molar-refractivity contribution in [3.63, 3.8) is 0 Å². The topological polar surface area (TPSA) is 54.0 Å². The fraction of sp³-hybridized carbons (Fsp3) is 0.933. The van der Waals surface area contributed by atoms with E-state index in [1.165, 1.54) is 0 Å². The smallest absolute Gasteiger partial charge is 0.234 e. The minimum Gasteiger partial charge on any atom is -0.376 e. The third-order valence-corrected chi connectivity index (χ3v) is 3.93. The van der Waals surface area contributed by atoms with E-state index in [9.17, 15) is 4.79 Å². The van der Waals surface area contributed by atoms with Crippen LogP contribution < -0.4 is 5.32 Å². The number of carbonyl (C=O) groups is 1. The van der Waals surface area contributed by atoms with Gasteiger partial charge in [0.1, 0.15) is 0 Å². The maximum Gasteiger partial charge on any atom is 0.234 e. The van der Waals surface area contributed by atoms with E-state index in [1.54, 1.807) is 0 Å². The van der Waals surface area contributed by atoms with Crippen molar-refractivity contribution < 1.29 is 14.3 Å². The Bertz CT molecular complexity index is 311. The predicted octanol–water partition coefficient (Wildman–Crippen LogP) is -0.0659. The van der Waals surface area contributed by atoms with Gasteiger partial charge in [0, 0.05) is 38.8 Å². The lowest BCUT2D eigenvalue weighted by atomic mass is 10.2. The minimum absolute atomic E-state index is 0.131. The lowest BCUT2D eigenvalue weighted by Gasteiger charge is -2.35. The average Bonchev–Trinajstić information content (AvgIpc) is 2.47. The highest BCUT2D eigenvalue weighted by Crippen LogP contribution is 2.08. The Morgan fingerprint density at radius 1 is 1.19 bits per heavy atom. The molecule has 6 heteroatoms. The number of ether oxygens (including phenoxy) is 2. The van der Waals surface area contributed by atoms with Gasteiger partial charge < -0.3 is 19.7 Å². The summed E-state index contributed by atoms with van der Waals surface area (Å²) in [4.78, 5) is 16.4. The lowest BCUT2D eigenvalue weighted by molar-refractivity contribution is -0.123. The summed E-state index contributed by atoms with van der Waals surface area (Å²) in [6.45, 7) is 11.7. The molecule has 1 N–H and O–H groups in total. The van der Waals surface area contributed by atoms with Gasteiger partial charge >= 0.3 is 0 Å². The molecule has 2 saturated heterocycles. The van der Waals surface area contributed by atoms with Crippen LogP contribution in [0.25, 0.3) is 0 Å². The van der Waals surface area contributed by atoms with Crippen molar-refractivity contribution >= 4 is 5.91 Å². The maximum absolute atomic E-state index is 11.7. The maximum atomic E-state index is 11.7. The predicted molar refractivity (Wildman–Crippen MR) is 81.3 cm³/mol. The zero-order chi connectivity index (χ0) is 15.1. The minimum atomic E-state index is 0.131. The van der Waals surface area contributed by atoms with Crippen LogP contribution in [-0.2, 0) is 14.3 Å². The second-order valence-corrected chi connectivity index (χ2v) is 6.20. The van der Waals surface area contributed by atoms with Crippen LogP contribution in [-0.4, -0.2) is 86.9 Å². The van der Waals surface area contributed by atoms with Crippen molar-refractivity contribution in [2.24, 2.45) is 0 Å². The van der Waals surface area contributed by atoms with Crippen LogP contribution in [0.15, 0.2) is 0 Å². The molecule has 0 bridgehead atoms. The first kappa shape index (κ1) is 16.7. The van der Waals surface area contributed by atoms with Gasteiger partial charge in [0.2, 0.25) is 5.91 Å². The normalized spacial score (nSPS) is 25.2. The molecule has 0 aromatic carbocycles. The highest BCUT2D eigenvalue weighted by molar-refractivity contribution is 5.78. The number of amides is 1. The van der Waals surface area contributed by atoms with Crippen LogP contribution in [0, 0.1) is 0 Å².